The van der Waals surface area contributed by atoms with Gasteiger partial charge in [-0.3, -0.25) is 4.21 Å². The predicted octanol–water partition coefficient (Wildman–Crippen LogP) is 5.88. The molecule has 0 fully saturated rings. The number of hydrogen-bond acceptors (Lipinski definition) is 5. The predicted molar refractivity (Wildman–Crippen MR) is 144 cm³/mol. The lowest BCUT2D eigenvalue weighted by atomic mass is 9.90. The summed E-state index contributed by atoms with van der Waals surface area (Å²) in [7, 11) is -2.57. The highest BCUT2D eigenvalue weighted by Crippen LogP contribution is 2.44. The van der Waals surface area contributed by atoms with E-state index in [0.717, 1.165) is 5.56 Å². The van der Waals surface area contributed by atoms with E-state index in [1.54, 1.807) is 44.4 Å². The second kappa shape index (κ2) is 15.9. The summed E-state index contributed by atoms with van der Waals surface area (Å²) >= 11 is 5.98. The molecule has 0 radical (unpaired) electrons. The number of benzene rings is 2. The number of halogens is 2. The summed E-state index contributed by atoms with van der Waals surface area (Å²) in [6, 6.07) is 10.5. The number of ether oxygens (including phenoxy) is 2. The Hall–Kier alpha value is -1.92. The summed E-state index contributed by atoms with van der Waals surface area (Å²) in [5, 5.41) is 0.573. The smallest absolute Gasteiger partial charge is 0.147 e. The Labute approximate surface area is 217 Å². The molecule has 0 aromatic heterocycles. The highest BCUT2D eigenvalue weighted by molar-refractivity contribution is 7.90. The molecule has 2 aromatic rings. The fraction of sp³-hybridized carbons (Fsp3) is 0.462. The molecule has 196 valence electrons. The first-order valence-electron chi connectivity index (χ1n) is 10.9. The van der Waals surface area contributed by atoms with Gasteiger partial charge in [-0.2, -0.15) is 0 Å². The Balaban J connectivity index is 0.00000126. The van der Waals surface area contributed by atoms with Gasteiger partial charge in [0.15, 0.2) is 0 Å². The molecule has 0 spiro atoms. The first-order chi connectivity index (χ1) is 16.4. The molecule has 0 heterocycles. The van der Waals surface area contributed by atoms with E-state index < -0.39 is 32.1 Å². The van der Waals surface area contributed by atoms with Crippen molar-refractivity contribution in [2.45, 2.75) is 50.4 Å². The van der Waals surface area contributed by atoms with Crippen LogP contribution >= 0.6 is 11.6 Å². The van der Waals surface area contributed by atoms with Crippen LogP contribution in [-0.2, 0) is 36.8 Å². The first-order valence-corrected chi connectivity index (χ1v) is 14.5. The van der Waals surface area contributed by atoms with Crippen LogP contribution in [0.4, 0.5) is 4.39 Å². The molecule has 0 aliphatic carbocycles. The molecule has 0 amide bonds. The number of alkyl halides is 1. The summed E-state index contributed by atoms with van der Waals surface area (Å²) in [6.45, 7) is 7.63. The van der Waals surface area contributed by atoms with Crippen molar-refractivity contribution in [3.63, 3.8) is 0 Å². The molecular weight excluding hydrogens is 511 g/mol. The van der Waals surface area contributed by atoms with E-state index in [1.165, 1.54) is 6.26 Å². The highest BCUT2D eigenvalue weighted by Gasteiger charge is 2.39. The molecule has 5 nitrogen and oxygen atoms in total. The Kier molecular flexibility index (Phi) is 15.1. The van der Waals surface area contributed by atoms with Crippen LogP contribution in [-0.4, -0.2) is 45.0 Å². The average Bonchev–Trinajstić information content (AvgIpc) is 2.85. The van der Waals surface area contributed by atoms with Crippen molar-refractivity contribution in [2.75, 3.05) is 32.3 Å². The zero-order chi connectivity index (χ0) is 27.2. The van der Waals surface area contributed by atoms with Crippen LogP contribution in [0.3, 0.4) is 0 Å². The van der Waals surface area contributed by atoms with Crippen molar-refractivity contribution in [3.05, 3.63) is 58.1 Å². The summed E-state index contributed by atoms with van der Waals surface area (Å²) in [6.07, 6.45) is 9.68. The Morgan fingerprint density at radius 3 is 2.09 bits per heavy atom. The van der Waals surface area contributed by atoms with Crippen LogP contribution < -0.4 is 4.74 Å². The van der Waals surface area contributed by atoms with Crippen molar-refractivity contribution < 1.29 is 26.5 Å². The normalized spacial score (nSPS) is 13.3. The standard InChI is InChI=1S/C21H26ClFO3S.C3H8O2S.C2H2/c1-5-26-13-12-21(3,27(24)18-10-8-17(22)9-11-18)19-16(14-23)7-6-15(2)20(19)25-4;1-3-6(2,4)5;1-2/h6-11H,5,12-14H2,1-4H3;3H2,1-2H3;1-2H. The molecule has 35 heavy (non-hydrogen) atoms. The van der Waals surface area contributed by atoms with Gasteiger partial charge in [-0.15, -0.1) is 12.8 Å². The van der Waals surface area contributed by atoms with Gasteiger partial charge in [-0.25, -0.2) is 12.8 Å². The molecular formula is C26H36ClFO5S2. The minimum Gasteiger partial charge on any atom is -0.496 e. The molecule has 0 saturated heterocycles. The SMILES string of the molecule is C#C.CCOCCC(C)(c1c(CF)ccc(C)c1OC)S(=O)c1ccc(Cl)cc1.CCS(C)(=O)=O. The number of sulfone groups is 1. The van der Waals surface area contributed by atoms with Crippen LogP contribution in [0.5, 0.6) is 5.75 Å². The lowest BCUT2D eigenvalue weighted by Crippen LogP contribution is -2.32. The molecule has 0 N–H and O–H groups in total. The third-order valence-corrected chi connectivity index (χ3v) is 8.43. The quantitative estimate of drug-likeness (QED) is 0.275. The van der Waals surface area contributed by atoms with E-state index in [9.17, 15) is 17.0 Å². The largest absolute Gasteiger partial charge is 0.496 e. The molecule has 2 unspecified atom stereocenters. The number of rotatable bonds is 10. The maximum Gasteiger partial charge on any atom is 0.147 e. The van der Waals surface area contributed by atoms with Gasteiger partial charge in [0.25, 0.3) is 0 Å². The zero-order valence-corrected chi connectivity index (χ0v) is 23.7. The van der Waals surface area contributed by atoms with Crippen LogP contribution in [0.1, 0.15) is 43.9 Å². The minimum absolute atomic E-state index is 0.243. The van der Waals surface area contributed by atoms with Crippen molar-refractivity contribution in [2.24, 2.45) is 0 Å². The van der Waals surface area contributed by atoms with Crippen molar-refractivity contribution in [3.8, 4) is 18.6 Å². The van der Waals surface area contributed by atoms with Gasteiger partial charge in [0, 0.05) is 40.7 Å². The van der Waals surface area contributed by atoms with E-state index >= 15 is 0 Å². The van der Waals surface area contributed by atoms with Gasteiger partial charge in [-0.1, -0.05) is 30.7 Å². The monoisotopic (exact) mass is 546 g/mol. The van der Waals surface area contributed by atoms with E-state index in [4.69, 9.17) is 21.1 Å². The Bertz CT molecular complexity index is 1070. The molecule has 0 bridgehead atoms. The Morgan fingerprint density at radius 2 is 1.66 bits per heavy atom. The van der Waals surface area contributed by atoms with Crippen molar-refractivity contribution in [1.82, 2.24) is 0 Å². The van der Waals surface area contributed by atoms with Gasteiger partial charge in [0.05, 0.1) is 22.7 Å². The molecule has 2 atom stereocenters. The average molecular weight is 547 g/mol. The maximum absolute atomic E-state index is 13.9. The summed E-state index contributed by atoms with van der Waals surface area (Å²) < 4.78 is 57.8. The van der Waals surface area contributed by atoms with Gasteiger partial charge < -0.3 is 9.47 Å². The molecule has 0 aliphatic rings. The zero-order valence-electron chi connectivity index (χ0n) is 21.3. The van der Waals surface area contributed by atoms with Gasteiger partial charge >= 0.3 is 0 Å². The Morgan fingerprint density at radius 1 is 1.11 bits per heavy atom. The number of aryl methyl sites for hydroxylation is 1. The maximum atomic E-state index is 13.9. The molecule has 0 aliphatic heterocycles. The number of terminal acetylenes is 1. The number of hydrogen-bond donors (Lipinski definition) is 0. The van der Waals surface area contributed by atoms with Gasteiger partial charge in [0.1, 0.15) is 22.3 Å². The summed E-state index contributed by atoms with van der Waals surface area (Å²) in [5.41, 5.74) is 2.00. The van der Waals surface area contributed by atoms with Crippen molar-refractivity contribution >= 4 is 32.2 Å². The topological polar surface area (TPSA) is 69.7 Å². The molecule has 9 heteroatoms. The van der Waals surface area contributed by atoms with Crippen LogP contribution in [0.25, 0.3) is 0 Å². The van der Waals surface area contributed by atoms with E-state index in [2.05, 4.69) is 12.8 Å². The number of methoxy groups -OCH3 is 1. The lowest BCUT2D eigenvalue weighted by Gasteiger charge is -2.33. The summed E-state index contributed by atoms with van der Waals surface area (Å²) in [5.74, 6) is 0.818. The summed E-state index contributed by atoms with van der Waals surface area (Å²) in [4.78, 5) is 0.631. The highest BCUT2D eigenvalue weighted by atomic mass is 35.5. The molecule has 2 rings (SSSR count). The second-order valence-corrected chi connectivity index (χ2v) is 12.5. The third-order valence-electron chi connectivity index (χ3n) is 5.21. The minimum atomic E-state index is -2.66. The second-order valence-electron chi connectivity index (χ2n) is 7.70. The van der Waals surface area contributed by atoms with E-state index in [0.29, 0.717) is 46.4 Å². The van der Waals surface area contributed by atoms with Crippen LogP contribution in [0.2, 0.25) is 5.02 Å². The van der Waals surface area contributed by atoms with Crippen LogP contribution in [0, 0.1) is 19.8 Å². The lowest BCUT2D eigenvalue weighted by molar-refractivity contribution is 0.137. The molecule has 2 aromatic carbocycles. The van der Waals surface area contributed by atoms with Crippen molar-refractivity contribution in [1.29, 1.82) is 0 Å². The van der Waals surface area contributed by atoms with Gasteiger partial charge in [-0.05, 0) is 62.6 Å². The van der Waals surface area contributed by atoms with E-state index in [-0.39, 0.29) is 5.75 Å². The van der Waals surface area contributed by atoms with Crippen LogP contribution in [0.15, 0.2) is 41.3 Å². The first kappa shape index (κ1) is 33.1. The fourth-order valence-electron chi connectivity index (χ4n) is 3.22. The van der Waals surface area contributed by atoms with E-state index in [1.807, 2.05) is 26.8 Å². The molecule has 0 saturated carbocycles. The van der Waals surface area contributed by atoms with Gasteiger partial charge in [0.2, 0.25) is 0 Å². The fourth-order valence-corrected chi connectivity index (χ4v) is 4.93. The third kappa shape index (κ3) is 9.92.